The Morgan fingerprint density at radius 3 is 2.59 bits per heavy atom. The molecule has 1 rings (SSSR count). The zero-order chi connectivity index (χ0) is 11.3. The maximum atomic E-state index is 13.0. The molecule has 0 saturated carbocycles. The smallest absolute Gasteiger partial charge is 0.186 e. The van der Waals surface area contributed by atoms with Crippen molar-refractivity contribution in [3.63, 3.8) is 0 Å². The van der Waals surface area contributed by atoms with Gasteiger partial charge in [0, 0.05) is 18.9 Å². The predicted molar refractivity (Wildman–Crippen MR) is 69.0 cm³/mol. The van der Waals surface area contributed by atoms with E-state index in [1.54, 1.807) is 0 Å². The third-order valence-corrected chi connectivity index (χ3v) is 3.28. The Morgan fingerprint density at radius 1 is 1.47 bits per heavy atom. The second-order valence-corrected chi connectivity index (χ2v) is 4.82. The zero-order valence-corrected chi connectivity index (χ0v) is 11.2. The number of hydrogen-bond donors (Lipinski definition) is 1. The van der Waals surface area contributed by atoms with E-state index in [0.29, 0.717) is 0 Å². The monoisotopic (exact) mass is 302 g/mol. The summed E-state index contributed by atoms with van der Waals surface area (Å²) < 4.78 is 36.1. The molecule has 1 aromatic heterocycles. The van der Waals surface area contributed by atoms with E-state index in [0.717, 1.165) is 6.08 Å². The maximum absolute atomic E-state index is 13.0. The first-order valence-electron chi connectivity index (χ1n) is 4.23. The van der Waals surface area contributed by atoms with Crippen LogP contribution in [0.15, 0.2) is 41.3 Å². The van der Waals surface area contributed by atoms with Gasteiger partial charge in [0.2, 0.25) is 0 Å². The molecule has 2 N–H and O–H groups in total. The Kier molecular flexibility index (Phi) is 9.23. The molecule has 4 nitrogen and oxygen atoms in total. The van der Waals surface area contributed by atoms with Crippen LogP contribution in [0.1, 0.15) is 0 Å². The van der Waals surface area contributed by atoms with Gasteiger partial charge in [-0.25, -0.2) is 12.8 Å². The van der Waals surface area contributed by atoms with Crippen molar-refractivity contribution in [1.82, 2.24) is 4.98 Å². The third kappa shape index (κ3) is 5.97. The van der Waals surface area contributed by atoms with E-state index in [4.69, 9.17) is 5.73 Å². The van der Waals surface area contributed by atoms with Crippen molar-refractivity contribution in [2.75, 3.05) is 12.3 Å². The van der Waals surface area contributed by atoms with Crippen molar-refractivity contribution in [1.29, 1.82) is 0 Å². The molecule has 17 heavy (non-hydrogen) atoms. The molecule has 0 bridgehead atoms. The van der Waals surface area contributed by atoms with Gasteiger partial charge < -0.3 is 5.73 Å². The molecule has 0 aliphatic rings. The first-order valence-corrected chi connectivity index (χ1v) is 5.89. The van der Waals surface area contributed by atoms with Gasteiger partial charge in [0.25, 0.3) is 0 Å². The van der Waals surface area contributed by atoms with Crippen molar-refractivity contribution in [2.24, 2.45) is 5.73 Å². The summed E-state index contributed by atoms with van der Waals surface area (Å²) in [4.78, 5) is 3.66. The van der Waals surface area contributed by atoms with Gasteiger partial charge in [-0.1, -0.05) is 0 Å². The van der Waals surface area contributed by atoms with E-state index in [1.165, 1.54) is 24.5 Å². The standard InChI is InChI=1S/C9H11FN2O2S.2ClH/c10-8(3-4-11)7-15(13,14)9-2-1-5-12-6-9;;/h1-3,5-6H,4,7,11H2;2*1H/b8-3-;;. The fraction of sp³-hybridized carbons (Fsp3) is 0.222. The van der Waals surface area contributed by atoms with Gasteiger partial charge in [0.15, 0.2) is 9.84 Å². The second-order valence-electron chi connectivity index (χ2n) is 2.83. The molecule has 8 heteroatoms. The molecule has 0 aliphatic heterocycles. The van der Waals surface area contributed by atoms with Crippen LogP contribution in [0.5, 0.6) is 0 Å². The molecule has 0 fully saturated rings. The third-order valence-electron chi connectivity index (χ3n) is 1.66. The highest BCUT2D eigenvalue weighted by Gasteiger charge is 2.16. The molecule has 98 valence electrons. The number of nitrogens with two attached hydrogens (primary N) is 1. The number of nitrogens with zero attached hydrogens (tertiary/aromatic N) is 1. The molecule has 0 aliphatic carbocycles. The van der Waals surface area contributed by atoms with Gasteiger partial charge >= 0.3 is 0 Å². The number of halogens is 3. The number of sulfone groups is 1. The number of pyridine rings is 1. The van der Waals surface area contributed by atoms with Crippen LogP contribution in [0.4, 0.5) is 4.39 Å². The van der Waals surface area contributed by atoms with E-state index in [2.05, 4.69) is 4.98 Å². The summed E-state index contributed by atoms with van der Waals surface area (Å²) in [5.74, 6) is -1.42. The molecular formula is C9H13Cl2FN2O2S. The Labute approximate surface area is 112 Å². The summed E-state index contributed by atoms with van der Waals surface area (Å²) in [6.45, 7) is -0.0195. The lowest BCUT2D eigenvalue weighted by atomic mass is 10.5. The van der Waals surface area contributed by atoms with Crippen molar-refractivity contribution in [2.45, 2.75) is 4.90 Å². The van der Waals surface area contributed by atoms with Crippen LogP contribution < -0.4 is 5.73 Å². The van der Waals surface area contributed by atoms with E-state index >= 15 is 0 Å². The van der Waals surface area contributed by atoms with Gasteiger partial charge in [0.05, 0.1) is 4.90 Å². The Balaban J connectivity index is 0. The summed E-state index contributed by atoms with van der Waals surface area (Å²) >= 11 is 0. The fourth-order valence-electron chi connectivity index (χ4n) is 0.983. The van der Waals surface area contributed by atoms with E-state index in [-0.39, 0.29) is 36.3 Å². The van der Waals surface area contributed by atoms with Gasteiger partial charge in [-0.05, 0) is 18.2 Å². The van der Waals surface area contributed by atoms with Crippen molar-refractivity contribution in [3.05, 3.63) is 36.4 Å². The van der Waals surface area contributed by atoms with Gasteiger partial charge in [-0.2, -0.15) is 0 Å². The first kappa shape index (κ1) is 18.7. The maximum Gasteiger partial charge on any atom is 0.186 e. The average molecular weight is 303 g/mol. The molecule has 0 amide bonds. The largest absolute Gasteiger partial charge is 0.327 e. The van der Waals surface area contributed by atoms with Crippen LogP contribution >= 0.6 is 24.8 Å². The van der Waals surface area contributed by atoms with Crippen LogP contribution in [0.2, 0.25) is 0 Å². The highest BCUT2D eigenvalue weighted by Crippen LogP contribution is 2.12. The molecule has 1 heterocycles. The van der Waals surface area contributed by atoms with E-state index in [1.807, 2.05) is 0 Å². The minimum absolute atomic E-state index is 0. The number of aromatic nitrogens is 1. The molecule has 0 radical (unpaired) electrons. The van der Waals surface area contributed by atoms with Crippen molar-refractivity contribution < 1.29 is 12.8 Å². The fourth-order valence-corrected chi connectivity index (χ4v) is 2.14. The summed E-state index contributed by atoms with van der Waals surface area (Å²) in [7, 11) is -3.64. The molecule has 0 unspecified atom stereocenters. The summed E-state index contributed by atoms with van der Waals surface area (Å²) in [6, 6.07) is 2.86. The average Bonchev–Trinajstić information content (AvgIpc) is 2.18. The van der Waals surface area contributed by atoms with Crippen molar-refractivity contribution >= 4 is 34.7 Å². The Bertz CT molecular complexity index is 451. The molecule has 0 spiro atoms. The van der Waals surface area contributed by atoms with E-state index in [9.17, 15) is 12.8 Å². The topological polar surface area (TPSA) is 73.1 Å². The highest BCUT2D eigenvalue weighted by atomic mass is 35.5. The van der Waals surface area contributed by atoms with Crippen LogP contribution in [0.3, 0.4) is 0 Å². The first-order chi connectivity index (χ1) is 7.06. The van der Waals surface area contributed by atoms with Crippen molar-refractivity contribution in [3.8, 4) is 0 Å². The Hall–Kier alpha value is -0.690. The van der Waals surface area contributed by atoms with E-state index < -0.39 is 21.4 Å². The zero-order valence-electron chi connectivity index (χ0n) is 8.74. The molecule has 0 aromatic carbocycles. The summed E-state index contributed by atoms with van der Waals surface area (Å²) in [5.41, 5.74) is 5.06. The Morgan fingerprint density at radius 2 is 2.12 bits per heavy atom. The minimum atomic E-state index is -3.64. The lowest BCUT2D eigenvalue weighted by molar-refractivity contribution is 0.582. The number of hydrogen-bond acceptors (Lipinski definition) is 4. The lowest BCUT2D eigenvalue weighted by Gasteiger charge is -2.01. The quantitative estimate of drug-likeness (QED) is 0.915. The minimum Gasteiger partial charge on any atom is -0.327 e. The van der Waals surface area contributed by atoms with Gasteiger partial charge in [0.1, 0.15) is 11.6 Å². The molecular weight excluding hydrogens is 290 g/mol. The van der Waals surface area contributed by atoms with Crippen LogP contribution in [-0.2, 0) is 9.84 Å². The van der Waals surface area contributed by atoms with Gasteiger partial charge in [-0.15, -0.1) is 24.8 Å². The summed E-state index contributed by atoms with van der Waals surface area (Å²) in [5, 5.41) is 0. The molecule has 0 atom stereocenters. The van der Waals surface area contributed by atoms with Crippen LogP contribution in [-0.4, -0.2) is 25.7 Å². The molecule has 1 aromatic rings. The number of rotatable bonds is 4. The van der Waals surface area contributed by atoms with Crippen LogP contribution in [0.25, 0.3) is 0 Å². The SMILES string of the molecule is Cl.Cl.NC/C=C(\F)CS(=O)(=O)c1cccnc1. The van der Waals surface area contributed by atoms with Crippen LogP contribution in [0, 0.1) is 0 Å². The second kappa shape index (κ2) is 8.41. The lowest BCUT2D eigenvalue weighted by Crippen LogP contribution is -2.08. The van der Waals surface area contributed by atoms with Gasteiger partial charge in [-0.3, -0.25) is 4.98 Å². The highest BCUT2D eigenvalue weighted by molar-refractivity contribution is 7.91. The predicted octanol–water partition coefficient (Wildman–Crippen LogP) is 1.51. The molecule has 0 saturated heterocycles. The summed E-state index contributed by atoms with van der Waals surface area (Å²) in [6.07, 6.45) is 3.67. The normalized spacial score (nSPS) is 11.3.